The molecule has 0 saturated heterocycles. The van der Waals surface area contributed by atoms with Gasteiger partial charge in [-0.05, 0) is 46.4 Å². The lowest BCUT2D eigenvalue weighted by atomic mass is 9.99. The zero-order valence-electron chi connectivity index (χ0n) is 13.0. The van der Waals surface area contributed by atoms with Gasteiger partial charge in [-0.25, -0.2) is 8.78 Å². The highest BCUT2D eigenvalue weighted by atomic mass is 19.2. The minimum absolute atomic E-state index is 0.675. The first-order valence-electron chi connectivity index (χ1n) is 7.82. The molecule has 0 aliphatic rings. The summed E-state index contributed by atoms with van der Waals surface area (Å²) in [7, 11) is 0. The van der Waals surface area contributed by atoms with E-state index in [-0.39, 0.29) is 0 Å². The van der Waals surface area contributed by atoms with E-state index < -0.39 is 11.6 Å². The average molecular weight is 308 g/mol. The van der Waals surface area contributed by atoms with Crippen LogP contribution in [-0.4, -0.2) is 0 Å². The molecule has 3 aromatic rings. The maximum absolute atomic E-state index is 13.3. The van der Waals surface area contributed by atoms with Crippen LogP contribution in [0.3, 0.4) is 0 Å². The smallest absolute Gasteiger partial charge is 0.159 e. The lowest BCUT2D eigenvalue weighted by molar-refractivity contribution is 0.509. The van der Waals surface area contributed by atoms with Crippen LogP contribution in [0.2, 0.25) is 0 Å². The van der Waals surface area contributed by atoms with Gasteiger partial charge in [-0.2, -0.15) is 0 Å². The van der Waals surface area contributed by atoms with Gasteiger partial charge < -0.3 is 0 Å². The molecule has 0 fully saturated rings. The maximum atomic E-state index is 13.3. The Morgan fingerprint density at radius 3 is 1.61 bits per heavy atom. The predicted molar refractivity (Wildman–Crippen MR) is 91.2 cm³/mol. The van der Waals surface area contributed by atoms with Crippen LogP contribution < -0.4 is 0 Å². The van der Waals surface area contributed by atoms with Gasteiger partial charge >= 0.3 is 0 Å². The normalized spacial score (nSPS) is 10.7. The highest BCUT2D eigenvalue weighted by Gasteiger charge is 2.05. The lowest BCUT2D eigenvalue weighted by Crippen LogP contribution is -1.86. The Morgan fingerprint density at radius 2 is 1.09 bits per heavy atom. The molecule has 2 heteroatoms. The standard InChI is InChI=1S/C21H18F2/c1-2-3-15-4-6-16(7-5-15)17-8-10-18(11-9-17)19-12-13-20(22)21(23)14-19/h4-14H,2-3H2,1H3. The van der Waals surface area contributed by atoms with E-state index in [1.54, 1.807) is 6.07 Å². The van der Waals surface area contributed by atoms with Gasteiger partial charge in [0.05, 0.1) is 0 Å². The van der Waals surface area contributed by atoms with Crippen LogP contribution in [0.4, 0.5) is 8.78 Å². The number of rotatable bonds is 4. The van der Waals surface area contributed by atoms with E-state index in [1.165, 1.54) is 11.6 Å². The summed E-state index contributed by atoms with van der Waals surface area (Å²) in [6, 6.07) is 20.4. The Morgan fingerprint density at radius 1 is 0.609 bits per heavy atom. The van der Waals surface area contributed by atoms with Crippen LogP contribution in [0.1, 0.15) is 18.9 Å². The first kappa shape index (κ1) is 15.4. The fraction of sp³-hybridized carbons (Fsp3) is 0.143. The molecule has 0 saturated carbocycles. The van der Waals surface area contributed by atoms with E-state index in [1.807, 2.05) is 24.3 Å². The summed E-state index contributed by atoms with van der Waals surface area (Å²) in [6.45, 7) is 2.17. The average Bonchev–Trinajstić information content (AvgIpc) is 2.59. The van der Waals surface area contributed by atoms with Crippen molar-refractivity contribution in [1.82, 2.24) is 0 Å². The van der Waals surface area contributed by atoms with Crippen molar-refractivity contribution in [3.05, 3.63) is 83.9 Å². The second-order valence-corrected chi connectivity index (χ2v) is 5.65. The Bertz CT molecular complexity index is 787. The monoisotopic (exact) mass is 308 g/mol. The molecule has 23 heavy (non-hydrogen) atoms. The van der Waals surface area contributed by atoms with Gasteiger partial charge in [-0.15, -0.1) is 0 Å². The number of hydrogen-bond donors (Lipinski definition) is 0. The van der Waals surface area contributed by atoms with Gasteiger partial charge in [0, 0.05) is 0 Å². The van der Waals surface area contributed by atoms with Gasteiger partial charge in [0.2, 0.25) is 0 Å². The minimum atomic E-state index is -0.822. The summed E-state index contributed by atoms with van der Waals surface area (Å²) < 4.78 is 26.3. The molecule has 0 amide bonds. The molecule has 3 rings (SSSR count). The molecule has 3 aromatic carbocycles. The Labute approximate surface area is 135 Å². The van der Waals surface area contributed by atoms with Crippen LogP contribution in [0.5, 0.6) is 0 Å². The largest absolute Gasteiger partial charge is 0.204 e. The summed E-state index contributed by atoms with van der Waals surface area (Å²) in [5.74, 6) is -1.64. The van der Waals surface area contributed by atoms with E-state index in [0.29, 0.717) is 5.56 Å². The van der Waals surface area contributed by atoms with E-state index in [0.717, 1.165) is 35.6 Å². The predicted octanol–water partition coefficient (Wildman–Crippen LogP) is 6.25. The maximum Gasteiger partial charge on any atom is 0.159 e. The third kappa shape index (κ3) is 3.48. The molecule has 0 bridgehead atoms. The molecule has 0 aromatic heterocycles. The zero-order valence-corrected chi connectivity index (χ0v) is 13.0. The fourth-order valence-corrected chi connectivity index (χ4v) is 2.68. The SMILES string of the molecule is CCCc1ccc(-c2ccc(-c3ccc(F)c(F)c3)cc2)cc1. The zero-order chi connectivity index (χ0) is 16.2. The molecule has 0 nitrogen and oxygen atoms in total. The fourth-order valence-electron chi connectivity index (χ4n) is 2.68. The van der Waals surface area contributed by atoms with E-state index in [9.17, 15) is 8.78 Å². The minimum Gasteiger partial charge on any atom is -0.204 e. The van der Waals surface area contributed by atoms with Crippen LogP contribution >= 0.6 is 0 Å². The molecule has 0 atom stereocenters. The van der Waals surface area contributed by atoms with E-state index in [4.69, 9.17) is 0 Å². The van der Waals surface area contributed by atoms with Gasteiger partial charge in [0.15, 0.2) is 11.6 Å². The summed E-state index contributed by atoms with van der Waals surface area (Å²) in [6.07, 6.45) is 2.23. The van der Waals surface area contributed by atoms with Crippen molar-refractivity contribution in [3.63, 3.8) is 0 Å². The van der Waals surface area contributed by atoms with Gasteiger partial charge in [0.1, 0.15) is 0 Å². The highest BCUT2D eigenvalue weighted by molar-refractivity contribution is 5.70. The van der Waals surface area contributed by atoms with Crippen molar-refractivity contribution in [1.29, 1.82) is 0 Å². The number of benzene rings is 3. The Kier molecular flexibility index (Phi) is 4.52. The molecule has 0 heterocycles. The van der Waals surface area contributed by atoms with Crippen molar-refractivity contribution in [2.45, 2.75) is 19.8 Å². The molecule has 0 N–H and O–H groups in total. The third-order valence-electron chi connectivity index (χ3n) is 3.96. The van der Waals surface area contributed by atoms with Crippen LogP contribution in [0.15, 0.2) is 66.7 Å². The van der Waals surface area contributed by atoms with E-state index in [2.05, 4.69) is 31.2 Å². The number of halogens is 2. The second-order valence-electron chi connectivity index (χ2n) is 5.65. The van der Waals surface area contributed by atoms with Gasteiger partial charge in [-0.3, -0.25) is 0 Å². The summed E-state index contributed by atoms with van der Waals surface area (Å²) in [5.41, 5.74) is 5.15. The molecule has 0 spiro atoms. The van der Waals surface area contributed by atoms with Crippen LogP contribution in [-0.2, 0) is 6.42 Å². The lowest BCUT2D eigenvalue weighted by Gasteiger charge is -2.07. The van der Waals surface area contributed by atoms with Crippen molar-refractivity contribution in [2.24, 2.45) is 0 Å². The molecule has 0 unspecified atom stereocenters. The van der Waals surface area contributed by atoms with Crippen LogP contribution in [0, 0.1) is 11.6 Å². The topological polar surface area (TPSA) is 0 Å². The third-order valence-corrected chi connectivity index (χ3v) is 3.96. The van der Waals surface area contributed by atoms with E-state index >= 15 is 0 Å². The van der Waals surface area contributed by atoms with Crippen molar-refractivity contribution in [3.8, 4) is 22.3 Å². The summed E-state index contributed by atoms with van der Waals surface area (Å²) >= 11 is 0. The first-order chi connectivity index (χ1) is 11.2. The van der Waals surface area contributed by atoms with Crippen LogP contribution in [0.25, 0.3) is 22.3 Å². The number of aryl methyl sites for hydroxylation is 1. The molecular formula is C21H18F2. The van der Waals surface area contributed by atoms with Crippen molar-refractivity contribution in [2.75, 3.05) is 0 Å². The Balaban J connectivity index is 1.85. The van der Waals surface area contributed by atoms with Gasteiger partial charge in [0.25, 0.3) is 0 Å². The highest BCUT2D eigenvalue weighted by Crippen LogP contribution is 2.26. The molecular weight excluding hydrogens is 290 g/mol. The molecule has 116 valence electrons. The summed E-state index contributed by atoms with van der Waals surface area (Å²) in [5, 5.41) is 0. The van der Waals surface area contributed by atoms with Crippen molar-refractivity contribution < 1.29 is 8.78 Å². The second kappa shape index (κ2) is 6.74. The molecule has 0 aliphatic carbocycles. The van der Waals surface area contributed by atoms with Crippen molar-refractivity contribution >= 4 is 0 Å². The number of hydrogen-bond acceptors (Lipinski definition) is 0. The summed E-state index contributed by atoms with van der Waals surface area (Å²) in [4.78, 5) is 0. The molecule has 0 radical (unpaired) electrons. The Hall–Kier alpha value is -2.48. The quantitative estimate of drug-likeness (QED) is 0.534. The molecule has 0 aliphatic heterocycles. The van der Waals surface area contributed by atoms with Gasteiger partial charge in [-0.1, -0.05) is 67.9 Å². The first-order valence-corrected chi connectivity index (χ1v) is 7.82.